The van der Waals surface area contributed by atoms with Crippen LogP contribution in [0.1, 0.15) is 17.0 Å². The second-order valence-corrected chi connectivity index (χ2v) is 6.15. The molecule has 1 aromatic carbocycles. The summed E-state index contributed by atoms with van der Waals surface area (Å²) < 4.78 is 17.2. The first-order valence-corrected chi connectivity index (χ1v) is 8.20. The van der Waals surface area contributed by atoms with Gasteiger partial charge in [0.25, 0.3) is 0 Å². The lowest BCUT2D eigenvalue weighted by Gasteiger charge is -2.09. The van der Waals surface area contributed by atoms with Crippen LogP contribution < -0.4 is 10.6 Å². The Labute approximate surface area is 150 Å². The molecule has 0 spiro atoms. The SMILES string of the molecule is Cc1nn(C)c(C)c1NC(=S)Nc1ccn(Cc2ccccc2F)n1. The maximum Gasteiger partial charge on any atom is 0.176 e. The van der Waals surface area contributed by atoms with E-state index in [4.69, 9.17) is 12.2 Å². The monoisotopic (exact) mass is 358 g/mol. The average molecular weight is 358 g/mol. The topological polar surface area (TPSA) is 59.7 Å². The van der Waals surface area contributed by atoms with Gasteiger partial charge in [-0.1, -0.05) is 18.2 Å². The second-order valence-electron chi connectivity index (χ2n) is 5.74. The highest BCUT2D eigenvalue weighted by Gasteiger charge is 2.11. The molecule has 0 aliphatic heterocycles. The van der Waals surface area contributed by atoms with Crippen LogP contribution in [0.4, 0.5) is 15.9 Å². The van der Waals surface area contributed by atoms with E-state index in [9.17, 15) is 4.39 Å². The number of hydrogen-bond acceptors (Lipinski definition) is 3. The minimum absolute atomic E-state index is 0.243. The van der Waals surface area contributed by atoms with E-state index in [1.807, 2.05) is 20.9 Å². The van der Waals surface area contributed by atoms with Gasteiger partial charge in [-0.05, 0) is 32.1 Å². The molecule has 0 aliphatic rings. The zero-order valence-electron chi connectivity index (χ0n) is 14.2. The molecule has 0 saturated carbocycles. The fourth-order valence-corrected chi connectivity index (χ4v) is 2.74. The number of anilines is 2. The highest BCUT2D eigenvalue weighted by Crippen LogP contribution is 2.18. The molecule has 0 aliphatic carbocycles. The number of benzene rings is 1. The molecule has 2 heterocycles. The summed E-state index contributed by atoms with van der Waals surface area (Å²) in [6, 6.07) is 8.44. The number of aromatic nitrogens is 4. The van der Waals surface area contributed by atoms with Crippen LogP contribution in [0.2, 0.25) is 0 Å². The van der Waals surface area contributed by atoms with Gasteiger partial charge in [-0.2, -0.15) is 10.2 Å². The van der Waals surface area contributed by atoms with E-state index in [1.165, 1.54) is 6.07 Å². The summed E-state index contributed by atoms with van der Waals surface area (Å²) in [6.07, 6.45) is 1.78. The van der Waals surface area contributed by atoms with Crippen molar-refractivity contribution in [2.75, 3.05) is 10.6 Å². The summed E-state index contributed by atoms with van der Waals surface area (Å²) in [6.45, 7) is 4.24. The normalized spacial score (nSPS) is 10.7. The van der Waals surface area contributed by atoms with Gasteiger partial charge in [0, 0.05) is 24.9 Å². The van der Waals surface area contributed by atoms with Crippen LogP contribution in [-0.2, 0) is 13.6 Å². The maximum atomic E-state index is 13.7. The molecule has 0 atom stereocenters. The predicted octanol–water partition coefficient (Wildman–Crippen LogP) is 3.23. The van der Waals surface area contributed by atoms with Crippen molar-refractivity contribution in [1.29, 1.82) is 0 Å². The highest BCUT2D eigenvalue weighted by molar-refractivity contribution is 7.80. The summed E-state index contributed by atoms with van der Waals surface area (Å²) in [5.74, 6) is 0.347. The van der Waals surface area contributed by atoms with E-state index in [2.05, 4.69) is 20.8 Å². The van der Waals surface area contributed by atoms with E-state index >= 15 is 0 Å². The lowest BCUT2D eigenvalue weighted by Crippen LogP contribution is -2.20. The zero-order valence-corrected chi connectivity index (χ0v) is 15.1. The van der Waals surface area contributed by atoms with Crippen molar-refractivity contribution in [1.82, 2.24) is 19.6 Å². The second kappa shape index (κ2) is 7.02. The van der Waals surface area contributed by atoms with Gasteiger partial charge < -0.3 is 10.6 Å². The van der Waals surface area contributed by atoms with E-state index in [0.717, 1.165) is 17.1 Å². The molecule has 3 rings (SSSR count). The van der Waals surface area contributed by atoms with Crippen molar-refractivity contribution in [3.8, 4) is 0 Å². The molecule has 0 fully saturated rings. The molecule has 2 N–H and O–H groups in total. The number of hydrogen-bond donors (Lipinski definition) is 2. The number of nitrogens with one attached hydrogen (secondary N) is 2. The average Bonchev–Trinajstić information content (AvgIpc) is 3.09. The third kappa shape index (κ3) is 3.85. The Bertz CT molecular complexity index is 914. The minimum atomic E-state index is -0.243. The Morgan fingerprint density at radius 2 is 1.92 bits per heavy atom. The number of nitrogens with zero attached hydrogens (tertiary/aromatic N) is 4. The third-order valence-corrected chi connectivity index (χ3v) is 4.12. The van der Waals surface area contributed by atoms with Gasteiger partial charge in [-0.3, -0.25) is 9.36 Å². The van der Waals surface area contributed by atoms with Gasteiger partial charge in [-0.15, -0.1) is 0 Å². The Kier molecular flexibility index (Phi) is 4.80. The summed E-state index contributed by atoms with van der Waals surface area (Å²) in [7, 11) is 1.88. The van der Waals surface area contributed by atoms with E-state index in [-0.39, 0.29) is 5.82 Å². The number of thiocarbonyl (C=S) groups is 1. The van der Waals surface area contributed by atoms with Crippen LogP contribution >= 0.6 is 12.2 Å². The van der Waals surface area contributed by atoms with Crippen molar-refractivity contribution in [2.45, 2.75) is 20.4 Å². The van der Waals surface area contributed by atoms with Crippen LogP contribution in [0.3, 0.4) is 0 Å². The van der Waals surface area contributed by atoms with Gasteiger partial charge in [0.2, 0.25) is 0 Å². The third-order valence-electron chi connectivity index (χ3n) is 3.92. The molecule has 8 heteroatoms. The molecule has 6 nitrogen and oxygen atoms in total. The lowest BCUT2D eigenvalue weighted by molar-refractivity contribution is 0.586. The molecule has 0 unspecified atom stereocenters. The van der Waals surface area contributed by atoms with Crippen molar-refractivity contribution in [2.24, 2.45) is 7.05 Å². The summed E-state index contributed by atoms with van der Waals surface area (Å²) in [5.41, 5.74) is 3.33. The van der Waals surface area contributed by atoms with Crippen LogP contribution in [0.5, 0.6) is 0 Å². The van der Waals surface area contributed by atoms with Crippen molar-refractivity contribution >= 4 is 28.8 Å². The van der Waals surface area contributed by atoms with Gasteiger partial charge >= 0.3 is 0 Å². The maximum absolute atomic E-state index is 13.7. The summed E-state index contributed by atoms with van der Waals surface area (Å²) >= 11 is 5.34. The Morgan fingerprint density at radius 1 is 1.16 bits per heavy atom. The molecular formula is C17H19FN6S. The fraction of sp³-hybridized carbons (Fsp3) is 0.235. The standard InChI is InChI=1S/C17H19FN6S/c1-11-16(12(2)23(3)21-11)20-17(25)19-15-8-9-24(22-15)10-13-6-4-5-7-14(13)18/h4-9H,10H2,1-3H3,(H2,19,20,22,25). The van der Waals surface area contributed by atoms with Crippen LogP contribution in [0.15, 0.2) is 36.5 Å². The van der Waals surface area contributed by atoms with Crippen molar-refractivity contribution < 1.29 is 4.39 Å². The van der Waals surface area contributed by atoms with Gasteiger partial charge in [0.1, 0.15) is 5.82 Å². The first kappa shape index (κ1) is 17.1. The Hall–Kier alpha value is -2.74. The van der Waals surface area contributed by atoms with Gasteiger partial charge in [-0.25, -0.2) is 4.39 Å². The molecule has 25 heavy (non-hydrogen) atoms. The Balaban J connectivity index is 1.65. The highest BCUT2D eigenvalue weighted by atomic mass is 32.1. The number of rotatable bonds is 4. The molecule has 0 amide bonds. The lowest BCUT2D eigenvalue weighted by atomic mass is 10.2. The van der Waals surface area contributed by atoms with Gasteiger partial charge in [0.15, 0.2) is 10.9 Å². The molecule has 0 radical (unpaired) electrons. The predicted molar refractivity (Wildman–Crippen MR) is 100 cm³/mol. The van der Waals surface area contributed by atoms with Crippen molar-refractivity contribution in [3.05, 3.63) is 59.3 Å². The fourth-order valence-electron chi connectivity index (χ4n) is 2.53. The summed E-state index contributed by atoms with van der Waals surface area (Å²) in [4.78, 5) is 0. The number of halogens is 1. The van der Waals surface area contributed by atoms with Crippen LogP contribution in [-0.4, -0.2) is 24.7 Å². The first-order valence-electron chi connectivity index (χ1n) is 7.79. The quantitative estimate of drug-likeness (QED) is 0.701. The molecule has 2 aromatic heterocycles. The smallest absolute Gasteiger partial charge is 0.176 e. The molecule has 3 aromatic rings. The first-order chi connectivity index (χ1) is 11.9. The molecular weight excluding hydrogens is 339 g/mol. The summed E-state index contributed by atoms with van der Waals surface area (Å²) in [5, 5.41) is 15.3. The van der Waals surface area contributed by atoms with E-state index in [1.54, 1.807) is 39.8 Å². The minimum Gasteiger partial charge on any atom is -0.329 e. The van der Waals surface area contributed by atoms with Crippen LogP contribution in [0, 0.1) is 19.7 Å². The molecule has 0 saturated heterocycles. The zero-order chi connectivity index (χ0) is 18.0. The largest absolute Gasteiger partial charge is 0.329 e. The van der Waals surface area contributed by atoms with Gasteiger partial charge in [0.05, 0.1) is 23.6 Å². The Morgan fingerprint density at radius 3 is 2.60 bits per heavy atom. The molecule has 0 bridgehead atoms. The van der Waals surface area contributed by atoms with E-state index < -0.39 is 0 Å². The van der Waals surface area contributed by atoms with Crippen LogP contribution in [0.25, 0.3) is 0 Å². The van der Waals surface area contributed by atoms with Crippen molar-refractivity contribution in [3.63, 3.8) is 0 Å². The van der Waals surface area contributed by atoms with E-state index in [0.29, 0.717) is 23.0 Å². The molecule has 130 valence electrons. The number of aryl methyl sites for hydroxylation is 2.